The van der Waals surface area contributed by atoms with E-state index in [1.165, 1.54) is 0 Å². The molecule has 1 aliphatic heterocycles. The van der Waals surface area contributed by atoms with E-state index in [-0.39, 0.29) is 11.9 Å². The Morgan fingerprint density at radius 3 is 2.94 bits per heavy atom. The molecule has 8 nitrogen and oxygen atoms in total. The Bertz CT molecular complexity index is 862. The molecule has 1 aliphatic rings. The molecule has 1 atom stereocenters. The fraction of sp³-hybridized carbons (Fsp3) is 0.500. The van der Waals surface area contributed by atoms with Crippen molar-refractivity contribution >= 4 is 6.21 Å². The second-order valence-electron chi connectivity index (χ2n) is 8.56. The number of rotatable bonds is 10. The first-order chi connectivity index (χ1) is 15.3. The minimum atomic E-state index is -0.496. The smallest absolute Gasteiger partial charge is 0.274 e. The standard InChI is InChI=1S/C24H36N6O2/c1-19(2)8-5-12-26-21(4)16-29(17-23-20(3)9-6-13-27-23)22-10-7-14-28(15-11-22)24(25)18-30(31)32/h5-6,8-9,12-13,18-19,22H,4,7,10-11,14-17,25H2,1-3H3/b8-5-,24-18+,26-12-. The van der Waals surface area contributed by atoms with Crippen molar-refractivity contribution in [1.82, 2.24) is 14.8 Å². The van der Waals surface area contributed by atoms with Crippen molar-refractivity contribution in [3.63, 3.8) is 0 Å². The van der Waals surface area contributed by atoms with Crippen molar-refractivity contribution in [2.45, 2.75) is 52.6 Å². The van der Waals surface area contributed by atoms with Gasteiger partial charge < -0.3 is 10.6 Å². The lowest BCUT2D eigenvalue weighted by atomic mass is 10.1. The van der Waals surface area contributed by atoms with Crippen molar-refractivity contribution in [3.8, 4) is 0 Å². The van der Waals surface area contributed by atoms with Gasteiger partial charge in [-0.1, -0.05) is 32.6 Å². The van der Waals surface area contributed by atoms with Crippen molar-refractivity contribution < 1.29 is 4.92 Å². The summed E-state index contributed by atoms with van der Waals surface area (Å²) in [4.78, 5) is 23.7. The van der Waals surface area contributed by atoms with E-state index < -0.39 is 4.92 Å². The third-order valence-corrected chi connectivity index (χ3v) is 5.51. The van der Waals surface area contributed by atoms with E-state index in [1.807, 2.05) is 23.2 Å². The maximum atomic E-state index is 10.8. The van der Waals surface area contributed by atoms with Crippen molar-refractivity contribution in [2.24, 2.45) is 16.6 Å². The molecule has 2 N–H and O–H groups in total. The van der Waals surface area contributed by atoms with Gasteiger partial charge in [-0.05, 0) is 49.8 Å². The normalized spacial score (nSPS) is 18.1. The van der Waals surface area contributed by atoms with Gasteiger partial charge in [0.05, 0.1) is 10.6 Å². The molecule has 0 spiro atoms. The van der Waals surface area contributed by atoms with Crippen molar-refractivity contribution in [1.29, 1.82) is 0 Å². The van der Waals surface area contributed by atoms with Gasteiger partial charge in [0.25, 0.3) is 6.20 Å². The zero-order chi connectivity index (χ0) is 23.5. The van der Waals surface area contributed by atoms with Crippen molar-refractivity contribution in [3.05, 3.63) is 76.2 Å². The summed E-state index contributed by atoms with van der Waals surface area (Å²) in [6, 6.07) is 4.30. The van der Waals surface area contributed by atoms with Gasteiger partial charge >= 0.3 is 0 Å². The Kier molecular flexibility index (Phi) is 10.1. The van der Waals surface area contributed by atoms with Crippen LogP contribution in [0.4, 0.5) is 0 Å². The number of hydrogen-bond acceptors (Lipinski definition) is 7. The van der Waals surface area contributed by atoms with Gasteiger partial charge in [-0.15, -0.1) is 0 Å². The molecular formula is C24H36N6O2. The number of nitro groups is 1. The summed E-state index contributed by atoms with van der Waals surface area (Å²) in [5.41, 5.74) is 8.92. The van der Waals surface area contributed by atoms with Crippen LogP contribution in [0.15, 0.2) is 59.8 Å². The fourth-order valence-corrected chi connectivity index (χ4v) is 3.78. The van der Waals surface area contributed by atoms with E-state index in [0.29, 0.717) is 32.1 Å². The number of aryl methyl sites for hydroxylation is 1. The predicted molar refractivity (Wildman–Crippen MR) is 129 cm³/mol. The summed E-state index contributed by atoms with van der Waals surface area (Å²) in [5.74, 6) is 0.692. The van der Waals surface area contributed by atoms with Gasteiger partial charge in [-0.2, -0.15) is 0 Å². The average Bonchev–Trinajstić information content (AvgIpc) is 2.98. The highest BCUT2D eigenvalue weighted by Crippen LogP contribution is 2.22. The quantitative estimate of drug-likeness (QED) is 0.337. The lowest BCUT2D eigenvalue weighted by Gasteiger charge is -2.31. The second kappa shape index (κ2) is 12.8. The summed E-state index contributed by atoms with van der Waals surface area (Å²) >= 11 is 0. The SMILES string of the molecule is C=C(CN(Cc1ncccc1C)C1CCCN(/C(N)=C/[N+](=O)[O-])CC1)/N=C\C=C/C(C)C. The molecule has 0 radical (unpaired) electrons. The Morgan fingerprint density at radius 1 is 1.47 bits per heavy atom. The lowest BCUT2D eigenvalue weighted by molar-refractivity contribution is -0.404. The lowest BCUT2D eigenvalue weighted by Crippen LogP contribution is -2.37. The molecule has 0 aromatic carbocycles. The molecule has 1 aromatic heterocycles. The van der Waals surface area contributed by atoms with Crippen molar-refractivity contribution in [2.75, 3.05) is 19.6 Å². The first kappa shape index (κ1) is 25.3. The first-order valence-corrected chi connectivity index (χ1v) is 11.1. The molecule has 1 saturated heterocycles. The summed E-state index contributed by atoms with van der Waals surface area (Å²) in [6.45, 7) is 13.2. The minimum Gasteiger partial charge on any atom is -0.380 e. The summed E-state index contributed by atoms with van der Waals surface area (Å²) in [7, 11) is 0. The van der Waals surface area contributed by atoms with Crippen LogP contribution in [0.25, 0.3) is 0 Å². The van der Waals surface area contributed by atoms with Gasteiger partial charge in [0.2, 0.25) is 0 Å². The minimum absolute atomic E-state index is 0.216. The zero-order valence-electron chi connectivity index (χ0n) is 19.5. The summed E-state index contributed by atoms with van der Waals surface area (Å²) in [5, 5.41) is 10.8. The van der Waals surface area contributed by atoms with E-state index in [2.05, 4.69) is 54.4 Å². The molecule has 2 heterocycles. The fourth-order valence-electron chi connectivity index (χ4n) is 3.78. The summed E-state index contributed by atoms with van der Waals surface area (Å²) < 4.78 is 0. The third-order valence-electron chi connectivity index (χ3n) is 5.51. The average molecular weight is 441 g/mol. The molecule has 0 amide bonds. The van der Waals surface area contributed by atoms with Crippen LogP contribution in [0.2, 0.25) is 0 Å². The van der Waals surface area contributed by atoms with E-state index in [9.17, 15) is 10.1 Å². The Morgan fingerprint density at radius 2 is 2.25 bits per heavy atom. The Balaban J connectivity index is 2.14. The van der Waals surface area contributed by atoms with Gasteiger partial charge in [-0.25, -0.2) is 0 Å². The van der Waals surface area contributed by atoms with Gasteiger partial charge in [-0.3, -0.25) is 25.0 Å². The topological polar surface area (TPSA) is 101 Å². The van der Waals surface area contributed by atoms with Gasteiger partial charge in [0.15, 0.2) is 5.82 Å². The van der Waals surface area contributed by atoms with Crippen LogP contribution in [0, 0.1) is 23.0 Å². The van der Waals surface area contributed by atoms with E-state index in [1.54, 1.807) is 6.21 Å². The van der Waals surface area contributed by atoms with Crippen LogP contribution in [0.3, 0.4) is 0 Å². The second-order valence-corrected chi connectivity index (χ2v) is 8.56. The van der Waals surface area contributed by atoms with Gasteiger partial charge in [0.1, 0.15) is 0 Å². The first-order valence-electron chi connectivity index (χ1n) is 11.1. The number of hydrogen-bond donors (Lipinski definition) is 1. The molecule has 1 aromatic rings. The molecule has 0 aliphatic carbocycles. The number of pyridine rings is 1. The largest absolute Gasteiger partial charge is 0.380 e. The van der Waals surface area contributed by atoms with Crippen LogP contribution < -0.4 is 5.73 Å². The molecule has 1 fully saturated rings. The Labute approximate surface area is 191 Å². The molecule has 0 saturated carbocycles. The molecule has 2 rings (SSSR count). The highest BCUT2D eigenvalue weighted by molar-refractivity contribution is 5.72. The van der Waals surface area contributed by atoms with E-state index in [4.69, 9.17) is 5.73 Å². The molecular weight excluding hydrogens is 404 g/mol. The highest BCUT2D eigenvalue weighted by Gasteiger charge is 2.25. The molecule has 1 unspecified atom stereocenters. The maximum absolute atomic E-state index is 10.8. The number of allylic oxidation sites excluding steroid dienone is 2. The van der Waals surface area contributed by atoms with Crippen LogP contribution in [-0.2, 0) is 6.54 Å². The van der Waals surface area contributed by atoms with E-state index in [0.717, 1.165) is 42.4 Å². The highest BCUT2D eigenvalue weighted by atomic mass is 16.6. The third kappa shape index (κ3) is 8.63. The number of nitrogens with zero attached hydrogens (tertiary/aromatic N) is 5. The summed E-state index contributed by atoms with van der Waals surface area (Å²) in [6.07, 6.45) is 11.3. The predicted octanol–water partition coefficient (Wildman–Crippen LogP) is 3.88. The van der Waals surface area contributed by atoms with E-state index >= 15 is 0 Å². The van der Waals surface area contributed by atoms with Crippen LogP contribution >= 0.6 is 0 Å². The molecule has 0 bridgehead atoms. The number of aromatic nitrogens is 1. The maximum Gasteiger partial charge on any atom is 0.274 e. The molecule has 32 heavy (non-hydrogen) atoms. The van der Waals surface area contributed by atoms with Gasteiger partial charge in [0, 0.05) is 50.3 Å². The van der Waals surface area contributed by atoms with Crippen LogP contribution in [0.5, 0.6) is 0 Å². The Hall–Kier alpha value is -3.00. The zero-order valence-corrected chi connectivity index (χ0v) is 19.5. The monoisotopic (exact) mass is 440 g/mol. The number of aliphatic imine (C=N–C) groups is 1. The van der Waals surface area contributed by atoms with Crippen LogP contribution in [-0.4, -0.2) is 51.6 Å². The number of likely N-dealkylation sites (tertiary alicyclic amines) is 1. The number of nitrogens with two attached hydrogens (primary N) is 1. The van der Waals surface area contributed by atoms with Crippen LogP contribution in [0.1, 0.15) is 44.4 Å². The molecule has 8 heteroatoms. The molecule has 174 valence electrons.